The van der Waals surface area contributed by atoms with Gasteiger partial charge in [0.05, 0.1) is 12.3 Å². The van der Waals surface area contributed by atoms with E-state index in [4.69, 9.17) is 0 Å². The molecule has 35 heavy (non-hydrogen) atoms. The third kappa shape index (κ3) is 6.53. The second-order valence-electron chi connectivity index (χ2n) is 9.08. The van der Waals surface area contributed by atoms with Crippen LogP contribution in [0.1, 0.15) is 48.3 Å². The molecule has 0 fully saturated rings. The molecule has 1 aliphatic rings. The number of carbonyl (C=O) groups is 1. The van der Waals surface area contributed by atoms with Gasteiger partial charge in [-0.3, -0.25) is 9.69 Å². The topological polar surface area (TPSA) is 43.8 Å². The van der Waals surface area contributed by atoms with Crippen molar-refractivity contribution in [2.24, 2.45) is 0 Å². The number of aliphatic hydroxyl groups is 1. The number of aliphatic hydroxyl groups excluding tert-OH is 1. The van der Waals surface area contributed by atoms with Gasteiger partial charge < -0.3 is 10.0 Å². The average Bonchev–Trinajstić information content (AvgIpc) is 3.04. The van der Waals surface area contributed by atoms with Crippen molar-refractivity contribution in [1.82, 2.24) is 4.90 Å². The minimum absolute atomic E-state index is 0.0186. The minimum atomic E-state index is -0.377. The van der Waals surface area contributed by atoms with Gasteiger partial charge in [-0.15, -0.1) is 0 Å². The summed E-state index contributed by atoms with van der Waals surface area (Å²) in [5.74, 6) is -0.713. The summed E-state index contributed by atoms with van der Waals surface area (Å²) in [5.41, 5.74) is 3.64. The summed E-state index contributed by atoms with van der Waals surface area (Å²) in [5, 5.41) is 9.45. The maximum atomic E-state index is 14.3. The van der Waals surface area contributed by atoms with E-state index in [-0.39, 0.29) is 30.1 Å². The van der Waals surface area contributed by atoms with E-state index in [0.717, 1.165) is 29.5 Å². The summed E-state index contributed by atoms with van der Waals surface area (Å²) in [4.78, 5) is 17.2. The molecule has 1 unspecified atom stereocenters. The van der Waals surface area contributed by atoms with Crippen LogP contribution in [-0.2, 0) is 11.3 Å². The first-order valence-corrected chi connectivity index (χ1v) is 12.3. The van der Waals surface area contributed by atoms with E-state index in [9.17, 15) is 18.7 Å². The highest BCUT2D eigenvalue weighted by Gasteiger charge is 2.28. The van der Waals surface area contributed by atoms with Gasteiger partial charge in [-0.05, 0) is 66.8 Å². The Morgan fingerprint density at radius 2 is 1.71 bits per heavy atom. The maximum absolute atomic E-state index is 14.3. The normalized spacial score (nSPS) is 15.7. The summed E-state index contributed by atoms with van der Waals surface area (Å²) in [7, 11) is 0. The molecule has 4 nitrogen and oxygen atoms in total. The lowest BCUT2D eigenvalue weighted by Crippen LogP contribution is -2.33. The first kappa shape index (κ1) is 25.0. The predicted octanol–water partition coefficient (Wildman–Crippen LogP) is 5.50. The molecule has 0 aromatic heterocycles. The second-order valence-corrected chi connectivity index (χ2v) is 9.08. The van der Waals surface area contributed by atoms with Gasteiger partial charge in [0, 0.05) is 32.0 Å². The summed E-state index contributed by atoms with van der Waals surface area (Å²) in [6.45, 7) is 2.53. The lowest BCUT2D eigenvalue weighted by atomic mass is 9.87. The Hall–Kier alpha value is -3.09. The molecule has 0 saturated carbocycles. The first-order chi connectivity index (χ1) is 17.0. The Balaban J connectivity index is 1.46. The Kier molecular flexibility index (Phi) is 8.61. The van der Waals surface area contributed by atoms with Crippen LogP contribution in [0.3, 0.4) is 0 Å². The van der Waals surface area contributed by atoms with Gasteiger partial charge >= 0.3 is 0 Å². The van der Waals surface area contributed by atoms with E-state index in [1.54, 1.807) is 23.1 Å². The van der Waals surface area contributed by atoms with E-state index in [1.165, 1.54) is 24.3 Å². The first-order valence-electron chi connectivity index (χ1n) is 12.3. The number of benzene rings is 3. The molecule has 3 aromatic rings. The Morgan fingerprint density at radius 1 is 0.971 bits per heavy atom. The lowest BCUT2D eigenvalue weighted by molar-refractivity contribution is -0.118. The summed E-state index contributed by atoms with van der Waals surface area (Å²) >= 11 is 0. The highest BCUT2D eigenvalue weighted by molar-refractivity contribution is 5.94. The number of anilines is 1. The fraction of sp³-hybridized carbons (Fsp3) is 0.345. The van der Waals surface area contributed by atoms with Crippen LogP contribution in [0.2, 0.25) is 0 Å². The number of halogens is 2. The zero-order valence-electron chi connectivity index (χ0n) is 19.9. The van der Waals surface area contributed by atoms with Gasteiger partial charge in [0.15, 0.2) is 0 Å². The fourth-order valence-electron chi connectivity index (χ4n) is 4.92. The van der Waals surface area contributed by atoms with Gasteiger partial charge in [0.25, 0.3) is 0 Å². The lowest BCUT2D eigenvalue weighted by Gasteiger charge is -2.25. The van der Waals surface area contributed by atoms with E-state index in [0.29, 0.717) is 44.7 Å². The van der Waals surface area contributed by atoms with E-state index < -0.39 is 0 Å². The van der Waals surface area contributed by atoms with Crippen LogP contribution < -0.4 is 4.90 Å². The predicted molar refractivity (Wildman–Crippen MR) is 134 cm³/mol. The monoisotopic (exact) mass is 478 g/mol. The van der Waals surface area contributed by atoms with Crippen LogP contribution in [0.4, 0.5) is 14.5 Å². The van der Waals surface area contributed by atoms with Crippen molar-refractivity contribution in [1.29, 1.82) is 0 Å². The highest BCUT2D eigenvalue weighted by Crippen LogP contribution is 2.39. The standard InChI is InChI=1S/C29H32F2N2O2/c30-24-12-10-23(11-13-24)26-8-4-17-33(28-20-25(31)14-15-27(26)28)29(35)9-5-16-32(18-19-34)21-22-6-2-1-3-7-22/h1-3,6-7,10-15,20,26,34H,4-5,8-9,16-19,21H2. The summed E-state index contributed by atoms with van der Waals surface area (Å²) < 4.78 is 27.8. The average molecular weight is 479 g/mol. The number of hydrogen-bond donors (Lipinski definition) is 1. The van der Waals surface area contributed by atoms with Gasteiger partial charge in [0.1, 0.15) is 11.6 Å². The van der Waals surface area contributed by atoms with E-state index in [1.807, 2.05) is 18.2 Å². The molecule has 1 amide bonds. The summed E-state index contributed by atoms with van der Waals surface area (Å²) in [6.07, 6.45) is 2.56. The van der Waals surface area contributed by atoms with Crippen molar-refractivity contribution < 1.29 is 18.7 Å². The number of rotatable bonds is 9. The molecule has 0 bridgehead atoms. The molecule has 0 aliphatic carbocycles. The number of nitrogens with zero attached hydrogens (tertiary/aromatic N) is 2. The number of fused-ring (bicyclic) bond motifs is 1. The maximum Gasteiger partial charge on any atom is 0.227 e. The van der Waals surface area contributed by atoms with Crippen molar-refractivity contribution in [3.63, 3.8) is 0 Å². The third-order valence-corrected chi connectivity index (χ3v) is 6.64. The molecule has 1 N–H and O–H groups in total. The van der Waals surface area contributed by atoms with Crippen LogP contribution in [0, 0.1) is 11.6 Å². The fourth-order valence-corrected chi connectivity index (χ4v) is 4.92. The van der Waals surface area contributed by atoms with Gasteiger partial charge in [-0.25, -0.2) is 8.78 Å². The molecule has 3 aromatic carbocycles. The smallest absolute Gasteiger partial charge is 0.227 e. The SMILES string of the molecule is O=C(CCCN(CCO)Cc1ccccc1)N1CCCC(c2ccc(F)cc2)c2ccc(F)cc21. The molecule has 1 aliphatic heterocycles. The van der Waals surface area contributed by atoms with Crippen molar-refractivity contribution in [3.8, 4) is 0 Å². The number of amides is 1. The Bertz CT molecular complexity index is 1110. The summed E-state index contributed by atoms with van der Waals surface area (Å²) in [6, 6.07) is 21.1. The molecule has 184 valence electrons. The van der Waals surface area contributed by atoms with Gasteiger partial charge in [-0.2, -0.15) is 0 Å². The molecule has 4 rings (SSSR count). The van der Waals surface area contributed by atoms with E-state index in [2.05, 4.69) is 17.0 Å². The quantitative estimate of drug-likeness (QED) is 0.442. The minimum Gasteiger partial charge on any atom is -0.395 e. The van der Waals surface area contributed by atoms with Crippen molar-refractivity contribution in [3.05, 3.63) is 101 Å². The number of hydrogen-bond acceptors (Lipinski definition) is 3. The molecular weight excluding hydrogens is 446 g/mol. The largest absolute Gasteiger partial charge is 0.395 e. The highest BCUT2D eigenvalue weighted by atomic mass is 19.1. The van der Waals surface area contributed by atoms with Crippen molar-refractivity contribution in [2.75, 3.05) is 31.1 Å². The zero-order valence-corrected chi connectivity index (χ0v) is 19.9. The number of carbonyl (C=O) groups excluding carboxylic acids is 1. The van der Waals surface area contributed by atoms with Crippen molar-refractivity contribution in [2.45, 2.75) is 38.1 Å². The molecular formula is C29H32F2N2O2. The van der Waals surface area contributed by atoms with Crippen LogP contribution in [0.15, 0.2) is 72.8 Å². The van der Waals surface area contributed by atoms with Crippen LogP contribution in [0.5, 0.6) is 0 Å². The molecule has 1 heterocycles. The van der Waals surface area contributed by atoms with Crippen LogP contribution in [0.25, 0.3) is 0 Å². The molecule has 0 spiro atoms. The van der Waals surface area contributed by atoms with E-state index >= 15 is 0 Å². The third-order valence-electron chi connectivity index (χ3n) is 6.64. The Labute approximate surface area is 205 Å². The van der Waals surface area contributed by atoms with Gasteiger partial charge in [0.2, 0.25) is 5.91 Å². The zero-order chi connectivity index (χ0) is 24.6. The molecule has 0 radical (unpaired) electrons. The van der Waals surface area contributed by atoms with Crippen LogP contribution >= 0.6 is 0 Å². The van der Waals surface area contributed by atoms with Crippen molar-refractivity contribution >= 4 is 11.6 Å². The molecule has 6 heteroatoms. The molecule has 0 saturated heterocycles. The van der Waals surface area contributed by atoms with Crippen LogP contribution in [-0.4, -0.2) is 42.2 Å². The van der Waals surface area contributed by atoms with Gasteiger partial charge in [-0.1, -0.05) is 48.5 Å². The Morgan fingerprint density at radius 3 is 2.46 bits per heavy atom. The molecule has 1 atom stereocenters. The second kappa shape index (κ2) is 12.0.